The molecule has 0 unspecified atom stereocenters. The van der Waals surface area contributed by atoms with Crippen LogP contribution in [-0.4, -0.2) is 0 Å². The first-order chi connectivity index (χ1) is 9.63. The summed E-state index contributed by atoms with van der Waals surface area (Å²) in [7, 11) is 0. The molecule has 0 atom stereocenters. The van der Waals surface area contributed by atoms with Crippen molar-refractivity contribution in [3.05, 3.63) is 73.9 Å². The fourth-order valence-corrected chi connectivity index (χ4v) is 0.599. The maximum Gasteiger partial charge on any atom is -0.0262 e. The van der Waals surface area contributed by atoms with Crippen LogP contribution in [0.4, 0.5) is 0 Å². The lowest BCUT2D eigenvalue weighted by molar-refractivity contribution is 1.50. The average Bonchev–Trinajstić information content (AvgIpc) is 2.52. The Morgan fingerprint density at radius 2 is 1.00 bits per heavy atom. The van der Waals surface area contributed by atoms with Crippen molar-refractivity contribution in [1.82, 2.24) is 0 Å². The summed E-state index contributed by atoms with van der Waals surface area (Å²) in [5.74, 6) is 0. The first-order valence-electron chi connectivity index (χ1n) is 7.51. The number of hydrogen-bond acceptors (Lipinski definition) is 0. The van der Waals surface area contributed by atoms with Gasteiger partial charge in [-0.25, -0.2) is 0 Å². The predicted octanol–water partition coefficient (Wildman–Crippen LogP) is 7.69. The summed E-state index contributed by atoms with van der Waals surface area (Å²) in [5.41, 5.74) is 1.86. The van der Waals surface area contributed by atoms with Gasteiger partial charge in [-0.2, -0.15) is 0 Å². The summed E-state index contributed by atoms with van der Waals surface area (Å²) in [6, 6.07) is 0. The molecule has 0 aliphatic heterocycles. The van der Waals surface area contributed by atoms with Crippen molar-refractivity contribution >= 4 is 0 Å². The predicted molar refractivity (Wildman–Crippen MR) is 102 cm³/mol. The Morgan fingerprint density at radius 1 is 0.700 bits per heavy atom. The molecule has 0 saturated heterocycles. The monoisotopic (exact) mass is 278 g/mol. The highest BCUT2D eigenvalue weighted by molar-refractivity contribution is 5.42. The second-order valence-corrected chi connectivity index (χ2v) is 2.55. The molecule has 0 heteroatoms. The third kappa shape index (κ3) is 44.0. The van der Waals surface area contributed by atoms with Crippen molar-refractivity contribution in [2.45, 2.75) is 55.4 Å². The normalized spacial score (nSPS) is 7.40. The van der Waals surface area contributed by atoms with Crippen molar-refractivity contribution in [2.75, 3.05) is 0 Å². The minimum Gasteiger partial charge on any atom is -0.103 e. The van der Waals surface area contributed by atoms with Crippen LogP contribution in [0.5, 0.6) is 0 Å². The van der Waals surface area contributed by atoms with Crippen LogP contribution in [0.15, 0.2) is 73.9 Å². The maximum absolute atomic E-state index is 3.83. The molecule has 0 spiro atoms. The van der Waals surface area contributed by atoms with E-state index >= 15 is 0 Å². The molecule has 0 aromatic carbocycles. The van der Waals surface area contributed by atoms with Crippen molar-refractivity contribution < 1.29 is 0 Å². The van der Waals surface area contributed by atoms with Gasteiger partial charge >= 0.3 is 0 Å². The Kier molecular flexibility index (Phi) is 67.1. The molecule has 0 aromatic heterocycles. The van der Waals surface area contributed by atoms with Crippen molar-refractivity contribution in [3.63, 3.8) is 0 Å². The fourth-order valence-electron chi connectivity index (χ4n) is 0.599. The molecule has 0 fully saturated rings. The molecule has 0 amide bonds. The summed E-state index contributed by atoms with van der Waals surface area (Å²) in [6.45, 7) is 30.4. The van der Waals surface area contributed by atoms with Gasteiger partial charge in [0.25, 0.3) is 0 Å². The lowest BCUT2D eigenvalue weighted by atomic mass is 10.1. The topological polar surface area (TPSA) is 0 Å². The molecular weight excluding hydrogens is 240 g/mol. The zero-order chi connectivity index (χ0) is 17.4. The maximum atomic E-state index is 3.83. The first kappa shape index (κ1) is 31.0. The quantitative estimate of drug-likeness (QED) is 0.365. The van der Waals surface area contributed by atoms with Crippen LogP contribution in [0.25, 0.3) is 0 Å². The lowest BCUT2D eigenvalue weighted by Crippen LogP contribution is -1.76. The van der Waals surface area contributed by atoms with Crippen molar-refractivity contribution in [3.8, 4) is 0 Å². The van der Waals surface area contributed by atoms with Crippen LogP contribution in [0.3, 0.4) is 0 Å². The molecule has 0 bridgehead atoms. The molecule has 0 saturated carbocycles. The summed E-state index contributed by atoms with van der Waals surface area (Å²) in [6.07, 6.45) is 11.1. The van der Waals surface area contributed by atoms with Gasteiger partial charge in [-0.1, -0.05) is 97.7 Å². The van der Waals surface area contributed by atoms with Gasteiger partial charge in [0.2, 0.25) is 0 Å². The van der Waals surface area contributed by atoms with Crippen LogP contribution in [-0.2, 0) is 0 Å². The average molecular weight is 279 g/mol. The molecule has 0 radical (unpaired) electrons. The summed E-state index contributed by atoms with van der Waals surface area (Å²) in [5, 5.41) is 0. The number of allylic oxidation sites excluding steroid dienone is 8. The Bertz CT molecular complexity index is 249. The van der Waals surface area contributed by atoms with Gasteiger partial charge < -0.3 is 0 Å². The van der Waals surface area contributed by atoms with Crippen LogP contribution in [0.1, 0.15) is 55.4 Å². The highest BCUT2D eigenvalue weighted by atomic mass is 13.9. The zero-order valence-electron chi connectivity index (χ0n) is 15.3. The van der Waals surface area contributed by atoms with E-state index in [1.54, 1.807) is 12.2 Å². The largest absolute Gasteiger partial charge is 0.103 e. The van der Waals surface area contributed by atoms with Gasteiger partial charge in [-0.15, -0.1) is 6.58 Å². The molecule has 0 N–H and O–H groups in total. The van der Waals surface area contributed by atoms with E-state index in [2.05, 4.69) is 26.3 Å². The molecular formula is C20H38. The van der Waals surface area contributed by atoms with Crippen LogP contribution >= 0.6 is 0 Å². The van der Waals surface area contributed by atoms with E-state index in [4.69, 9.17) is 0 Å². The van der Waals surface area contributed by atoms with E-state index in [9.17, 15) is 0 Å². The molecule has 0 nitrogen and oxygen atoms in total. The number of rotatable bonds is 4. The second-order valence-electron chi connectivity index (χ2n) is 2.55. The van der Waals surface area contributed by atoms with E-state index in [-0.39, 0.29) is 0 Å². The summed E-state index contributed by atoms with van der Waals surface area (Å²) < 4.78 is 0. The lowest BCUT2D eigenvalue weighted by Gasteiger charge is -1.95. The highest BCUT2D eigenvalue weighted by Crippen LogP contribution is 2.07. The standard InChI is InChI=1S/C11H14.C3H6.3C2H6/c1-5-7-9-11(4)10(3)8-6-2;1-3-2;3*1-2/h5-9H,1,3-4H2,2H3;3H,1H2,2H3;3*1-2H3/b8-6-,9-7-;;;;. The van der Waals surface area contributed by atoms with E-state index in [0.29, 0.717) is 0 Å². The molecule has 0 heterocycles. The van der Waals surface area contributed by atoms with Crippen LogP contribution < -0.4 is 0 Å². The van der Waals surface area contributed by atoms with E-state index in [1.165, 1.54) is 0 Å². The van der Waals surface area contributed by atoms with Crippen molar-refractivity contribution in [2.24, 2.45) is 0 Å². The Balaban J connectivity index is -0.0000000698. The molecule has 0 rings (SSSR count). The SMILES string of the molecule is C=C/C=C\C(=C)C(=C)/C=C\C.C=CC.CC.CC.CC. The van der Waals surface area contributed by atoms with Gasteiger partial charge in [0.05, 0.1) is 0 Å². The Labute approximate surface area is 130 Å². The van der Waals surface area contributed by atoms with Gasteiger partial charge in [-0.05, 0) is 25.0 Å². The minimum atomic E-state index is 0.919. The van der Waals surface area contributed by atoms with Crippen LogP contribution in [0.2, 0.25) is 0 Å². The second kappa shape index (κ2) is 43.2. The fraction of sp³-hybridized carbons (Fsp3) is 0.400. The zero-order valence-corrected chi connectivity index (χ0v) is 15.3. The summed E-state index contributed by atoms with van der Waals surface area (Å²) in [4.78, 5) is 0. The molecule has 0 aliphatic rings. The van der Waals surface area contributed by atoms with Gasteiger partial charge in [0.1, 0.15) is 0 Å². The van der Waals surface area contributed by atoms with Gasteiger partial charge in [-0.3, -0.25) is 0 Å². The van der Waals surface area contributed by atoms with E-state index in [1.807, 2.05) is 79.7 Å². The van der Waals surface area contributed by atoms with Crippen molar-refractivity contribution in [1.29, 1.82) is 0 Å². The Morgan fingerprint density at radius 3 is 1.25 bits per heavy atom. The molecule has 0 aromatic rings. The first-order valence-corrected chi connectivity index (χ1v) is 7.51. The highest BCUT2D eigenvalue weighted by Gasteiger charge is 1.87. The van der Waals surface area contributed by atoms with Gasteiger partial charge in [0, 0.05) is 0 Å². The third-order valence-electron chi connectivity index (χ3n) is 1.21. The molecule has 118 valence electrons. The van der Waals surface area contributed by atoms with E-state index in [0.717, 1.165) is 11.1 Å². The summed E-state index contributed by atoms with van der Waals surface area (Å²) >= 11 is 0. The molecule has 20 heavy (non-hydrogen) atoms. The smallest absolute Gasteiger partial charge is 0.0262 e. The minimum absolute atomic E-state index is 0.919. The van der Waals surface area contributed by atoms with Gasteiger partial charge in [0.15, 0.2) is 0 Å². The molecule has 0 aliphatic carbocycles. The van der Waals surface area contributed by atoms with E-state index < -0.39 is 0 Å². The van der Waals surface area contributed by atoms with Crippen LogP contribution in [0, 0.1) is 0 Å². The Hall–Kier alpha value is -1.56. The number of hydrogen-bond donors (Lipinski definition) is 0. The third-order valence-corrected chi connectivity index (χ3v) is 1.21.